The maximum Gasteiger partial charge on any atom is 0.238 e. The lowest BCUT2D eigenvalue weighted by Gasteiger charge is -2.12. The number of rotatable bonds is 4. The third-order valence-electron chi connectivity index (χ3n) is 2.96. The average molecular weight is 287 g/mol. The van der Waals surface area contributed by atoms with Crippen LogP contribution in [0.15, 0.2) is 30.6 Å². The highest BCUT2D eigenvalue weighted by Crippen LogP contribution is 2.27. The molecule has 1 heterocycles. The maximum absolute atomic E-state index is 5.80. The van der Waals surface area contributed by atoms with Crippen LogP contribution in [0.3, 0.4) is 0 Å². The number of aromatic nitrogens is 2. The molecule has 0 amide bonds. The third-order valence-corrected chi connectivity index (χ3v) is 3.17. The minimum absolute atomic E-state index is 0.204. The van der Waals surface area contributed by atoms with Gasteiger partial charge in [0.15, 0.2) is 0 Å². The molecule has 2 rings (SSSR count). The molecule has 0 bridgehead atoms. The standard InChI is InChI=1S/C15H17N3OS/c1-9(2)11-5-4-10(3)13(6-11)19-14-8-17-7-12(18-14)15(16)20/h4-9H,1-3H3,(H2,16,20). The SMILES string of the molecule is Cc1ccc(C(C)C)cc1Oc1cncc(C(N)=S)n1. The van der Waals surface area contributed by atoms with Gasteiger partial charge in [0.2, 0.25) is 5.88 Å². The molecule has 2 N–H and O–H groups in total. The van der Waals surface area contributed by atoms with Crippen LogP contribution in [0.2, 0.25) is 0 Å². The Morgan fingerprint density at radius 1 is 1.30 bits per heavy atom. The zero-order valence-corrected chi connectivity index (χ0v) is 12.6. The van der Waals surface area contributed by atoms with Crippen LogP contribution in [0.5, 0.6) is 11.6 Å². The van der Waals surface area contributed by atoms with Crippen molar-refractivity contribution in [3.05, 3.63) is 47.4 Å². The van der Waals surface area contributed by atoms with E-state index in [1.54, 1.807) is 6.20 Å². The lowest BCUT2D eigenvalue weighted by atomic mass is 10.0. The Morgan fingerprint density at radius 3 is 2.70 bits per heavy atom. The smallest absolute Gasteiger partial charge is 0.238 e. The molecule has 0 aliphatic heterocycles. The molecule has 0 saturated carbocycles. The van der Waals surface area contributed by atoms with E-state index in [2.05, 4.69) is 29.9 Å². The van der Waals surface area contributed by atoms with Gasteiger partial charge in [0.25, 0.3) is 0 Å². The second-order valence-electron chi connectivity index (χ2n) is 4.89. The Morgan fingerprint density at radius 2 is 2.05 bits per heavy atom. The first-order valence-electron chi connectivity index (χ1n) is 6.37. The first-order chi connectivity index (χ1) is 9.47. The first-order valence-corrected chi connectivity index (χ1v) is 6.78. The van der Waals surface area contributed by atoms with E-state index in [0.29, 0.717) is 17.5 Å². The van der Waals surface area contributed by atoms with Crippen LogP contribution in [-0.4, -0.2) is 15.0 Å². The Labute approximate surface area is 124 Å². The van der Waals surface area contributed by atoms with Crippen molar-refractivity contribution in [2.75, 3.05) is 0 Å². The Kier molecular flexibility index (Phi) is 4.29. The maximum atomic E-state index is 5.80. The number of hydrogen-bond donors (Lipinski definition) is 1. The molecule has 104 valence electrons. The molecule has 0 atom stereocenters. The van der Waals surface area contributed by atoms with Crippen molar-refractivity contribution in [3.8, 4) is 11.6 Å². The van der Waals surface area contributed by atoms with E-state index in [0.717, 1.165) is 11.3 Å². The fraction of sp³-hybridized carbons (Fsp3) is 0.267. The van der Waals surface area contributed by atoms with Crippen LogP contribution in [0, 0.1) is 6.92 Å². The van der Waals surface area contributed by atoms with Crippen LogP contribution in [-0.2, 0) is 0 Å². The molecular formula is C15H17N3OS. The van der Waals surface area contributed by atoms with Crippen LogP contribution in [0.25, 0.3) is 0 Å². The molecule has 0 spiro atoms. The van der Waals surface area contributed by atoms with E-state index in [1.165, 1.54) is 11.8 Å². The number of ether oxygens (including phenoxy) is 1. The summed E-state index contributed by atoms with van der Waals surface area (Å²) in [7, 11) is 0. The number of thiocarbonyl (C=S) groups is 1. The number of aryl methyl sites for hydroxylation is 1. The molecule has 0 aliphatic carbocycles. The highest BCUT2D eigenvalue weighted by Gasteiger charge is 2.08. The van der Waals surface area contributed by atoms with Crippen LogP contribution in [0.4, 0.5) is 0 Å². The minimum Gasteiger partial charge on any atom is -0.437 e. The summed E-state index contributed by atoms with van der Waals surface area (Å²) < 4.78 is 5.80. The van der Waals surface area contributed by atoms with Crippen molar-refractivity contribution in [2.45, 2.75) is 26.7 Å². The van der Waals surface area contributed by atoms with Gasteiger partial charge in [0, 0.05) is 0 Å². The number of nitrogens with zero attached hydrogens (tertiary/aromatic N) is 2. The molecule has 0 aliphatic rings. The summed E-state index contributed by atoms with van der Waals surface area (Å²) in [5.41, 5.74) is 8.25. The van der Waals surface area contributed by atoms with Crippen molar-refractivity contribution >= 4 is 17.2 Å². The Balaban J connectivity index is 2.32. The monoisotopic (exact) mass is 287 g/mol. The van der Waals surface area contributed by atoms with Gasteiger partial charge >= 0.3 is 0 Å². The summed E-state index contributed by atoms with van der Waals surface area (Å²) in [6.07, 6.45) is 3.07. The van der Waals surface area contributed by atoms with Crippen molar-refractivity contribution in [2.24, 2.45) is 5.73 Å². The van der Waals surface area contributed by atoms with E-state index in [-0.39, 0.29) is 4.99 Å². The summed E-state index contributed by atoms with van der Waals surface area (Å²) in [5, 5.41) is 0. The zero-order chi connectivity index (χ0) is 14.7. The highest BCUT2D eigenvalue weighted by molar-refractivity contribution is 7.80. The van der Waals surface area contributed by atoms with Gasteiger partial charge in [-0.1, -0.05) is 38.2 Å². The van der Waals surface area contributed by atoms with Gasteiger partial charge in [-0.05, 0) is 30.0 Å². The lowest BCUT2D eigenvalue weighted by Crippen LogP contribution is -2.12. The van der Waals surface area contributed by atoms with Gasteiger partial charge in [-0.25, -0.2) is 4.98 Å². The second-order valence-corrected chi connectivity index (χ2v) is 5.33. The molecule has 1 aromatic carbocycles. The minimum atomic E-state index is 0.204. The van der Waals surface area contributed by atoms with Gasteiger partial charge in [-0.2, -0.15) is 0 Å². The van der Waals surface area contributed by atoms with Gasteiger partial charge in [-0.15, -0.1) is 0 Å². The van der Waals surface area contributed by atoms with E-state index in [4.69, 9.17) is 22.7 Å². The quantitative estimate of drug-likeness (QED) is 0.874. The van der Waals surface area contributed by atoms with Crippen LogP contribution in [0.1, 0.15) is 36.6 Å². The van der Waals surface area contributed by atoms with Crippen molar-refractivity contribution in [1.29, 1.82) is 0 Å². The first kappa shape index (κ1) is 14.4. The summed E-state index contributed by atoms with van der Waals surface area (Å²) in [5.74, 6) is 1.59. The highest BCUT2D eigenvalue weighted by atomic mass is 32.1. The van der Waals surface area contributed by atoms with Gasteiger partial charge < -0.3 is 10.5 Å². The molecule has 0 fully saturated rings. The summed E-state index contributed by atoms with van der Waals surface area (Å²) in [6, 6.07) is 6.16. The summed E-state index contributed by atoms with van der Waals surface area (Å²) in [4.78, 5) is 8.47. The van der Waals surface area contributed by atoms with Gasteiger partial charge in [-0.3, -0.25) is 4.98 Å². The molecular weight excluding hydrogens is 270 g/mol. The summed E-state index contributed by atoms with van der Waals surface area (Å²) >= 11 is 4.89. The third kappa shape index (κ3) is 3.30. The van der Waals surface area contributed by atoms with Crippen molar-refractivity contribution < 1.29 is 4.74 Å². The molecule has 5 heteroatoms. The molecule has 1 aromatic heterocycles. The van der Waals surface area contributed by atoms with Crippen LogP contribution < -0.4 is 10.5 Å². The van der Waals surface area contributed by atoms with E-state index >= 15 is 0 Å². The van der Waals surface area contributed by atoms with Crippen molar-refractivity contribution in [3.63, 3.8) is 0 Å². The fourth-order valence-electron chi connectivity index (χ4n) is 1.71. The lowest BCUT2D eigenvalue weighted by molar-refractivity contribution is 0.455. The number of hydrogen-bond acceptors (Lipinski definition) is 4. The molecule has 20 heavy (non-hydrogen) atoms. The second kappa shape index (κ2) is 5.96. The van der Waals surface area contributed by atoms with Crippen LogP contribution >= 0.6 is 12.2 Å². The predicted octanol–water partition coefficient (Wildman–Crippen LogP) is 3.33. The van der Waals surface area contributed by atoms with Gasteiger partial charge in [0.05, 0.1) is 12.4 Å². The topological polar surface area (TPSA) is 61.0 Å². The molecule has 4 nitrogen and oxygen atoms in total. The number of benzene rings is 1. The van der Waals surface area contributed by atoms with Gasteiger partial charge in [0.1, 0.15) is 16.4 Å². The van der Waals surface area contributed by atoms with E-state index < -0.39 is 0 Å². The van der Waals surface area contributed by atoms with E-state index in [9.17, 15) is 0 Å². The molecule has 0 unspecified atom stereocenters. The predicted molar refractivity (Wildman–Crippen MR) is 83.3 cm³/mol. The molecule has 2 aromatic rings. The fourth-order valence-corrected chi connectivity index (χ4v) is 1.81. The molecule has 0 radical (unpaired) electrons. The van der Waals surface area contributed by atoms with E-state index in [1.807, 2.05) is 19.1 Å². The Hall–Kier alpha value is -2.01. The number of nitrogens with two attached hydrogens (primary N) is 1. The Bertz CT molecular complexity index is 641. The largest absolute Gasteiger partial charge is 0.437 e. The summed E-state index contributed by atoms with van der Waals surface area (Å²) in [6.45, 7) is 6.27. The zero-order valence-electron chi connectivity index (χ0n) is 11.8. The molecule has 0 saturated heterocycles. The van der Waals surface area contributed by atoms with Crippen molar-refractivity contribution in [1.82, 2.24) is 9.97 Å². The normalized spacial score (nSPS) is 10.6. The average Bonchev–Trinajstić information content (AvgIpc) is 2.41.